The summed E-state index contributed by atoms with van der Waals surface area (Å²) in [5.41, 5.74) is 0.753. The normalized spacial score (nSPS) is 11.5. The number of halogens is 1. The number of anilines is 1. The molecular formula is C20H18ClN3O2S. The first-order chi connectivity index (χ1) is 13.2. The summed E-state index contributed by atoms with van der Waals surface area (Å²) in [5.74, 6) is 0.702. The molecule has 2 aromatic carbocycles. The van der Waals surface area contributed by atoms with Gasteiger partial charge in [0.2, 0.25) is 0 Å². The van der Waals surface area contributed by atoms with Crippen molar-refractivity contribution in [2.24, 2.45) is 0 Å². The number of para-hydroxylation sites is 1. The molecule has 0 radical (unpaired) electrons. The Labute approximate surface area is 164 Å². The number of benzene rings is 2. The molecule has 0 atom stereocenters. The largest absolute Gasteiger partial charge is 0.395 e. The molecule has 27 heavy (non-hydrogen) atoms. The van der Waals surface area contributed by atoms with Crippen molar-refractivity contribution >= 4 is 59.8 Å². The van der Waals surface area contributed by atoms with E-state index in [0.717, 1.165) is 20.3 Å². The van der Waals surface area contributed by atoms with E-state index in [4.69, 9.17) is 21.7 Å². The van der Waals surface area contributed by atoms with Crippen LogP contribution in [0.15, 0.2) is 47.3 Å². The number of fused-ring (bicyclic) bond motifs is 4. The third-order valence-corrected chi connectivity index (χ3v) is 5.77. The lowest BCUT2D eigenvalue weighted by molar-refractivity contribution is 0.293. The molecule has 0 bridgehead atoms. The van der Waals surface area contributed by atoms with Crippen LogP contribution in [0.25, 0.3) is 31.1 Å². The van der Waals surface area contributed by atoms with Crippen molar-refractivity contribution in [3.63, 3.8) is 0 Å². The minimum atomic E-state index is -0.0266. The second kappa shape index (κ2) is 7.78. The Kier molecular flexibility index (Phi) is 5.22. The van der Waals surface area contributed by atoms with Crippen LogP contribution in [0.3, 0.4) is 0 Å². The Morgan fingerprint density at radius 3 is 2.78 bits per heavy atom. The number of aliphatic hydroxyl groups is 1. The van der Waals surface area contributed by atoms with Gasteiger partial charge in [-0.3, -0.25) is 4.79 Å². The second-order valence-electron chi connectivity index (χ2n) is 6.15. The van der Waals surface area contributed by atoms with Gasteiger partial charge in [0.15, 0.2) is 5.43 Å². The molecule has 138 valence electrons. The van der Waals surface area contributed by atoms with Crippen LogP contribution in [0.2, 0.25) is 5.02 Å². The Morgan fingerprint density at radius 2 is 1.93 bits per heavy atom. The zero-order valence-corrected chi connectivity index (χ0v) is 16.0. The number of rotatable bonds is 6. The summed E-state index contributed by atoms with van der Waals surface area (Å²) in [7, 11) is 0. The summed E-state index contributed by atoms with van der Waals surface area (Å²) in [5, 5.41) is 18.0. The van der Waals surface area contributed by atoms with Gasteiger partial charge in [-0.05, 0) is 24.3 Å². The topological polar surface area (TPSA) is 74.2 Å². The summed E-state index contributed by atoms with van der Waals surface area (Å²) < 4.78 is 1.73. The van der Waals surface area contributed by atoms with Crippen molar-refractivity contribution in [1.82, 2.24) is 10.3 Å². The lowest BCUT2D eigenvalue weighted by Gasteiger charge is -2.12. The molecule has 0 saturated carbocycles. The fourth-order valence-corrected chi connectivity index (χ4v) is 4.43. The van der Waals surface area contributed by atoms with Gasteiger partial charge in [0.25, 0.3) is 0 Å². The van der Waals surface area contributed by atoms with E-state index in [1.165, 1.54) is 11.3 Å². The molecule has 2 aromatic heterocycles. The van der Waals surface area contributed by atoms with Gasteiger partial charge in [-0.1, -0.05) is 29.8 Å². The predicted molar refractivity (Wildman–Crippen MR) is 114 cm³/mol. The van der Waals surface area contributed by atoms with E-state index in [9.17, 15) is 4.79 Å². The molecule has 0 aliphatic rings. The summed E-state index contributed by atoms with van der Waals surface area (Å²) in [6.45, 7) is 1.98. The van der Waals surface area contributed by atoms with Crippen LogP contribution in [0, 0.1) is 0 Å². The zero-order valence-electron chi connectivity index (χ0n) is 14.5. The van der Waals surface area contributed by atoms with E-state index in [2.05, 4.69) is 10.6 Å². The van der Waals surface area contributed by atoms with Crippen molar-refractivity contribution in [1.29, 1.82) is 0 Å². The number of nitrogens with zero attached hydrogens (tertiary/aromatic N) is 1. The van der Waals surface area contributed by atoms with Crippen molar-refractivity contribution in [3.8, 4) is 0 Å². The Morgan fingerprint density at radius 1 is 1.07 bits per heavy atom. The number of aliphatic hydroxyl groups excluding tert-OH is 1. The first-order valence-electron chi connectivity index (χ1n) is 8.69. The number of aromatic nitrogens is 1. The van der Waals surface area contributed by atoms with E-state index in [-0.39, 0.29) is 12.0 Å². The van der Waals surface area contributed by atoms with Crippen LogP contribution >= 0.6 is 22.9 Å². The first-order valence-corrected chi connectivity index (χ1v) is 9.89. The highest BCUT2D eigenvalue weighted by Gasteiger charge is 2.15. The van der Waals surface area contributed by atoms with E-state index in [1.54, 1.807) is 12.1 Å². The zero-order chi connectivity index (χ0) is 18.8. The highest BCUT2D eigenvalue weighted by molar-refractivity contribution is 7.25. The fraction of sp³-hybridized carbons (Fsp3) is 0.200. The molecule has 7 heteroatoms. The van der Waals surface area contributed by atoms with Crippen molar-refractivity contribution < 1.29 is 5.11 Å². The van der Waals surface area contributed by atoms with Crippen molar-refractivity contribution in [2.45, 2.75) is 0 Å². The molecule has 0 fully saturated rings. The van der Waals surface area contributed by atoms with Gasteiger partial charge in [0, 0.05) is 40.1 Å². The standard InChI is InChI=1S/C20H18ClN3O2S/c21-12-5-6-16-14(11-12)18(26)17-13-3-1-2-4-15(13)24-20(19(17)27-16)23-8-7-22-9-10-25/h1-6,11,22,25H,7-10H2,(H,23,24). The van der Waals surface area contributed by atoms with Crippen LogP contribution in [-0.4, -0.2) is 36.3 Å². The van der Waals surface area contributed by atoms with Crippen LogP contribution < -0.4 is 16.1 Å². The average Bonchev–Trinajstić information content (AvgIpc) is 2.68. The maximum atomic E-state index is 13.3. The Hall–Kier alpha value is -2.25. The van der Waals surface area contributed by atoms with E-state index in [0.29, 0.717) is 41.2 Å². The van der Waals surface area contributed by atoms with Crippen LogP contribution in [0.1, 0.15) is 0 Å². The van der Waals surface area contributed by atoms with E-state index in [1.807, 2.05) is 30.3 Å². The van der Waals surface area contributed by atoms with Crippen molar-refractivity contribution in [2.75, 3.05) is 31.6 Å². The lowest BCUT2D eigenvalue weighted by atomic mass is 10.1. The highest BCUT2D eigenvalue weighted by Crippen LogP contribution is 2.34. The number of nitrogens with one attached hydrogen (secondary N) is 2. The van der Waals surface area contributed by atoms with Gasteiger partial charge in [-0.15, -0.1) is 11.3 Å². The fourth-order valence-electron chi connectivity index (χ4n) is 3.13. The Balaban J connectivity index is 1.92. The van der Waals surface area contributed by atoms with Crippen LogP contribution in [0.5, 0.6) is 0 Å². The van der Waals surface area contributed by atoms with E-state index < -0.39 is 0 Å². The van der Waals surface area contributed by atoms with Gasteiger partial charge in [-0.2, -0.15) is 0 Å². The van der Waals surface area contributed by atoms with E-state index >= 15 is 0 Å². The molecule has 0 aliphatic carbocycles. The summed E-state index contributed by atoms with van der Waals surface area (Å²) in [6.07, 6.45) is 0. The van der Waals surface area contributed by atoms with Gasteiger partial charge in [0.1, 0.15) is 5.82 Å². The molecule has 5 nitrogen and oxygen atoms in total. The van der Waals surface area contributed by atoms with Gasteiger partial charge >= 0.3 is 0 Å². The summed E-state index contributed by atoms with van der Waals surface area (Å²) in [4.78, 5) is 18.0. The molecule has 0 saturated heterocycles. The SMILES string of the molecule is O=c1c2cc(Cl)ccc2sc2c(NCCNCCO)nc3ccccc3c12. The lowest BCUT2D eigenvalue weighted by Crippen LogP contribution is -2.25. The molecule has 3 N–H and O–H groups in total. The smallest absolute Gasteiger partial charge is 0.196 e. The quantitative estimate of drug-likeness (QED) is 0.262. The minimum absolute atomic E-state index is 0.0266. The van der Waals surface area contributed by atoms with Gasteiger partial charge < -0.3 is 15.7 Å². The molecule has 0 spiro atoms. The Bertz CT molecular complexity index is 1190. The third-order valence-electron chi connectivity index (χ3n) is 4.36. The molecule has 0 unspecified atom stereocenters. The summed E-state index contributed by atoms with van der Waals surface area (Å²) >= 11 is 7.66. The van der Waals surface area contributed by atoms with Gasteiger partial charge in [0.05, 0.1) is 22.2 Å². The summed E-state index contributed by atoms with van der Waals surface area (Å²) in [6, 6.07) is 13.1. The number of hydrogen-bond donors (Lipinski definition) is 3. The van der Waals surface area contributed by atoms with Gasteiger partial charge in [-0.25, -0.2) is 4.98 Å². The van der Waals surface area contributed by atoms with Crippen molar-refractivity contribution in [3.05, 3.63) is 57.7 Å². The third kappa shape index (κ3) is 3.49. The minimum Gasteiger partial charge on any atom is -0.395 e. The van der Waals surface area contributed by atoms with Crippen LogP contribution in [-0.2, 0) is 0 Å². The highest BCUT2D eigenvalue weighted by atomic mass is 35.5. The maximum absolute atomic E-state index is 13.3. The molecular weight excluding hydrogens is 382 g/mol. The molecule has 0 aliphatic heterocycles. The monoisotopic (exact) mass is 399 g/mol. The second-order valence-corrected chi connectivity index (χ2v) is 7.64. The molecule has 2 heterocycles. The maximum Gasteiger partial charge on any atom is 0.196 e. The first kappa shape index (κ1) is 18.1. The predicted octanol–water partition coefficient (Wildman–Crippen LogP) is 3.61. The average molecular weight is 400 g/mol. The molecule has 0 amide bonds. The number of pyridine rings is 1. The number of hydrogen-bond acceptors (Lipinski definition) is 6. The molecule has 4 aromatic rings. The molecule has 4 rings (SSSR count). The van der Waals surface area contributed by atoms with Crippen LogP contribution in [0.4, 0.5) is 5.82 Å².